The number of aryl methyl sites for hydroxylation is 2. The Kier molecular flexibility index (Phi) is 6.50. The van der Waals surface area contributed by atoms with Crippen LogP contribution in [0.2, 0.25) is 0 Å². The van der Waals surface area contributed by atoms with E-state index in [9.17, 15) is 5.11 Å². The molecular weight excluding hydrogens is 250 g/mol. The lowest BCUT2D eigenvalue weighted by atomic mass is 10.1. The SMILES string of the molecule is Cc1ccc(C)c(OCC(O)CNC(C)C(C)C)c1C. The van der Waals surface area contributed by atoms with Crippen LogP contribution in [0.3, 0.4) is 0 Å². The van der Waals surface area contributed by atoms with Crippen molar-refractivity contribution >= 4 is 0 Å². The first-order valence-corrected chi connectivity index (χ1v) is 7.44. The summed E-state index contributed by atoms with van der Waals surface area (Å²) in [6.45, 7) is 13.5. The van der Waals surface area contributed by atoms with E-state index >= 15 is 0 Å². The molecule has 0 saturated heterocycles. The lowest BCUT2D eigenvalue weighted by molar-refractivity contribution is 0.102. The Balaban J connectivity index is 2.49. The van der Waals surface area contributed by atoms with Gasteiger partial charge in [0.25, 0.3) is 0 Å². The summed E-state index contributed by atoms with van der Waals surface area (Å²) in [4.78, 5) is 0. The molecule has 2 atom stereocenters. The largest absolute Gasteiger partial charge is 0.490 e. The van der Waals surface area contributed by atoms with E-state index in [4.69, 9.17) is 4.74 Å². The van der Waals surface area contributed by atoms with E-state index in [0.29, 0.717) is 25.1 Å². The molecule has 2 N–H and O–H groups in total. The Bertz CT molecular complexity index is 429. The van der Waals surface area contributed by atoms with Crippen molar-refractivity contribution in [3.8, 4) is 5.75 Å². The van der Waals surface area contributed by atoms with E-state index in [2.05, 4.69) is 52.1 Å². The van der Waals surface area contributed by atoms with Crippen LogP contribution < -0.4 is 10.1 Å². The Morgan fingerprint density at radius 2 is 1.70 bits per heavy atom. The van der Waals surface area contributed by atoms with Gasteiger partial charge in [-0.3, -0.25) is 0 Å². The molecule has 3 nitrogen and oxygen atoms in total. The van der Waals surface area contributed by atoms with Crippen LogP contribution in [0.5, 0.6) is 5.75 Å². The summed E-state index contributed by atoms with van der Waals surface area (Å²) in [6.07, 6.45) is -0.490. The third-order valence-corrected chi connectivity index (χ3v) is 3.97. The van der Waals surface area contributed by atoms with Crippen LogP contribution in [0.15, 0.2) is 12.1 Å². The van der Waals surface area contributed by atoms with Crippen molar-refractivity contribution in [2.45, 2.75) is 53.7 Å². The molecule has 0 aliphatic rings. The van der Waals surface area contributed by atoms with Gasteiger partial charge < -0.3 is 15.2 Å². The number of ether oxygens (including phenoxy) is 1. The maximum absolute atomic E-state index is 10.0. The smallest absolute Gasteiger partial charge is 0.125 e. The molecule has 0 fully saturated rings. The number of aliphatic hydroxyl groups excluding tert-OH is 1. The maximum Gasteiger partial charge on any atom is 0.125 e. The predicted molar refractivity (Wildman–Crippen MR) is 84.5 cm³/mol. The first-order chi connectivity index (χ1) is 9.32. The van der Waals surface area contributed by atoms with Gasteiger partial charge in [0.2, 0.25) is 0 Å². The van der Waals surface area contributed by atoms with E-state index < -0.39 is 6.10 Å². The van der Waals surface area contributed by atoms with Gasteiger partial charge >= 0.3 is 0 Å². The molecule has 0 aromatic heterocycles. The Morgan fingerprint density at radius 1 is 1.10 bits per heavy atom. The normalized spacial score (nSPS) is 14.4. The fourth-order valence-corrected chi connectivity index (χ4v) is 1.94. The van der Waals surface area contributed by atoms with E-state index in [1.165, 1.54) is 5.56 Å². The number of hydrogen-bond donors (Lipinski definition) is 2. The molecule has 0 aliphatic carbocycles. The molecule has 1 aromatic carbocycles. The molecule has 0 amide bonds. The van der Waals surface area contributed by atoms with Gasteiger partial charge in [-0.15, -0.1) is 0 Å². The van der Waals surface area contributed by atoms with Crippen LogP contribution in [0.1, 0.15) is 37.5 Å². The van der Waals surface area contributed by atoms with Crippen molar-refractivity contribution in [3.63, 3.8) is 0 Å². The van der Waals surface area contributed by atoms with Gasteiger partial charge in [0, 0.05) is 12.6 Å². The predicted octanol–water partition coefficient (Wildman–Crippen LogP) is 2.99. The van der Waals surface area contributed by atoms with Crippen LogP contribution >= 0.6 is 0 Å². The average molecular weight is 279 g/mol. The second kappa shape index (κ2) is 7.65. The van der Waals surface area contributed by atoms with Gasteiger partial charge in [0.05, 0.1) is 0 Å². The Morgan fingerprint density at radius 3 is 2.30 bits per heavy atom. The molecule has 2 unspecified atom stereocenters. The van der Waals surface area contributed by atoms with Crippen LogP contribution in [0, 0.1) is 26.7 Å². The third-order valence-electron chi connectivity index (χ3n) is 3.97. The number of rotatable bonds is 7. The van der Waals surface area contributed by atoms with Crippen molar-refractivity contribution in [1.82, 2.24) is 5.32 Å². The summed E-state index contributed by atoms with van der Waals surface area (Å²) in [5, 5.41) is 13.3. The van der Waals surface area contributed by atoms with Crippen LogP contribution in [-0.4, -0.2) is 30.4 Å². The van der Waals surface area contributed by atoms with Gasteiger partial charge in [0.15, 0.2) is 0 Å². The molecule has 1 aromatic rings. The second-order valence-electron chi connectivity index (χ2n) is 6.06. The fraction of sp³-hybridized carbons (Fsp3) is 0.647. The van der Waals surface area contributed by atoms with Crippen LogP contribution in [0.25, 0.3) is 0 Å². The highest BCUT2D eigenvalue weighted by molar-refractivity contribution is 5.44. The molecule has 0 radical (unpaired) electrons. The van der Waals surface area contributed by atoms with Crippen LogP contribution in [0.4, 0.5) is 0 Å². The third kappa shape index (κ3) is 4.80. The second-order valence-corrected chi connectivity index (χ2v) is 6.06. The monoisotopic (exact) mass is 279 g/mol. The molecule has 0 aliphatic heterocycles. The van der Waals surface area contributed by atoms with Gasteiger partial charge in [-0.2, -0.15) is 0 Å². The number of nitrogens with one attached hydrogen (secondary N) is 1. The van der Waals surface area contributed by atoms with E-state index in [1.807, 2.05) is 6.92 Å². The van der Waals surface area contributed by atoms with Gasteiger partial charge in [0.1, 0.15) is 18.5 Å². The molecule has 20 heavy (non-hydrogen) atoms. The molecule has 114 valence electrons. The Hall–Kier alpha value is -1.06. The van der Waals surface area contributed by atoms with Crippen LogP contribution in [-0.2, 0) is 0 Å². The molecule has 0 heterocycles. The molecule has 0 bridgehead atoms. The first-order valence-electron chi connectivity index (χ1n) is 7.44. The highest BCUT2D eigenvalue weighted by atomic mass is 16.5. The molecule has 0 saturated carbocycles. The minimum Gasteiger partial charge on any atom is -0.490 e. The zero-order chi connectivity index (χ0) is 15.3. The van der Waals surface area contributed by atoms with Crippen molar-refractivity contribution in [1.29, 1.82) is 0 Å². The van der Waals surface area contributed by atoms with E-state index in [1.54, 1.807) is 0 Å². The van der Waals surface area contributed by atoms with Gasteiger partial charge in [-0.25, -0.2) is 0 Å². The highest BCUT2D eigenvalue weighted by Gasteiger charge is 2.12. The molecule has 0 spiro atoms. The number of aliphatic hydroxyl groups is 1. The lowest BCUT2D eigenvalue weighted by Crippen LogP contribution is -2.39. The minimum absolute atomic E-state index is 0.322. The minimum atomic E-state index is -0.490. The molecular formula is C17H29NO2. The summed E-state index contributed by atoms with van der Waals surface area (Å²) < 4.78 is 5.81. The van der Waals surface area contributed by atoms with Gasteiger partial charge in [-0.1, -0.05) is 26.0 Å². The number of hydrogen-bond acceptors (Lipinski definition) is 3. The summed E-state index contributed by atoms with van der Waals surface area (Å²) >= 11 is 0. The van der Waals surface area contributed by atoms with Crippen molar-refractivity contribution < 1.29 is 9.84 Å². The molecule has 3 heteroatoms. The molecule has 1 rings (SSSR count). The van der Waals surface area contributed by atoms with Crippen molar-refractivity contribution in [2.75, 3.05) is 13.2 Å². The average Bonchev–Trinajstić information content (AvgIpc) is 2.40. The topological polar surface area (TPSA) is 41.5 Å². The maximum atomic E-state index is 10.0. The Labute approximate surface area is 123 Å². The summed E-state index contributed by atoms with van der Waals surface area (Å²) in [5.41, 5.74) is 3.48. The zero-order valence-electron chi connectivity index (χ0n) is 13.7. The van der Waals surface area contributed by atoms with E-state index in [-0.39, 0.29) is 0 Å². The standard InChI is InChI=1S/C17H29NO2/c1-11(2)15(6)18-9-16(19)10-20-17-13(4)8-7-12(3)14(17)5/h7-8,11,15-16,18-19H,9-10H2,1-6H3. The van der Waals surface area contributed by atoms with Crippen molar-refractivity contribution in [3.05, 3.63) is 28.8 Å². The lowest BCUT2D eigenvalue weighted by Gasteiger charge is -2.21. The van der Waals surface area contributed by atoms with Crippen molar-refractivity contribution in [2.24, 2.45) is 5.92 Å². The fourth-order valence-electron chi connectivity index (χ4n) is 1.94. The summed E-state index contributed by atoms with van der Waals surface area (Å²) in [6, 6.07) is 4.55. The highest BCUT2D eigenvalue weighted by Crippen LogP contribution is 2.25. The zero-order valence-corrected chi connectivity index (χ0v) is 13.7. The van der Waals surface area contributed by atoms with Gasteiger partial charge in [-0.05, 0) is 50.3 Å². The van der Waals surface area contributed by atoms with E-state index in [0.717, 1.165) is 16.9 Å². The number of benzene rings is 1. The first kappa shape index (κ1) is 17.0. The quantitative estimate of drug-likeness (QED) is 0.806. The summed E-state index contributed by atoms with van der Waals surface area (Å²) in [5.74, 6) is 1.46. The summed E-state index contributed by atoms with van der Waals surface area (Å²) in [7, 11) is 0.